The molecule has 0 aromatic heterocycles. The fourth-order valence-electron chi connectivity index (χ4n) is 2.79. The normalized spacial score (nSPS) is 12.5. The van der Waals surface area contributed by atoms with Gasteiger partial charge in [-0.1, -0.05) is 83.3 Å². The molecule has 0 aliphatic heterocycles. The molecule has 1 unspecified atom stereocenters. The van der Waals surface area contributed by atoms with Gasteiger partial charge in [0.25, 0.3) is 0 Å². The van der Waals surface area contributed by atoms with Gasteiger partial charge in [0.2, 0.25) is 0 Å². The van der Waals surface area contributed by atoms with Crippen molar-refractivity contribution >= 4 is 11.9 Å². The first-order valence-corrected chi connectivity index (χ1v) is 9.67. The van der Waals surface area contributed by atoms with E-state index in [0.29, 0.717) is 6.42 Å². The van der Waals surface area contributed by atoms with Crippen LogP contribution < -0.4 is 0 Å². The highest BCUT2D eigenvalue weighted by atomic mass is 16.4. The van der Waals surface area contributed by atoms with Crippen LogP contribution in [0.25, 0.3) is 0 Å². The molecule has 0 saturated heterocycles. The van der Waals surface area contributed by atoms with E-state index in [9.17, 15) is 9.59 Å². The Kier molecular flexibility index (Phi) is 15.6. The summed E-state index contributed by atoms with van der Waals surface area (Å²) in [6.45, 7) is 2.25. The largest absolute Gasteiger partial charge is 0.481 e. The SMILES string of the molecule is CCCCCCCCCCCCC/C=C/CC(CC(=O)O)C(=O)O. The molecular weight excluding hydrogens is 304 g/mol. The fraction of sp³-hybridized carbons (Fsp3) is 0.800. The highest BCUT2D eigenvalue weighted by Gasteiger charge is 2.19. The van der Waals surface area contributed by atoms with E-state index in [1.54, 1.807) is 0 Å². The topological polar surface area (TPSA) is 74.6 Å². The summed E-state index contributed by atoms with van der Waals surface area (Å²) in [6, 6.07) is 0. The van der Waals surface area contributed by atoms with Crippen LogP contribution in [0, 0.1) is 5.92 Å². The Balaban J connectivity index is 3.42. The number of aliphatic carboxylic acids is 2. The van der Waals surface area contributed by atoms with Gasteiger partial charge >= 0.3 is 11.9 Å². The predicted molar refractivity (Wildman–Crippen MR) is 98.2 cm³/mol. The molecule has 4 heteroatoms. The van der Waals surface area contributed by atoms with Crippen molar-refractivity contribution in [3.8, 4) is 0 Å². The van der Waals surface area contributed by atoms with Crippen LogP contribution in [0.15, 0.2) is 12.2 Å². The number of carboxylic acid groups (broad SMARTS) is 2. The molecule has 2 N–H and O–H groups in total. The average Bonchev–Trinajstić information content (AvgIpc) is 2.53. The monoisotopic (exact) mass is 340 g/mol. The third-order valence-electron chi connectivity index (χ3n) is 4.33. The second-order valence-electron chi connectivity index (χ2n) is 6.66. The van der Waals surface area contributed by atoms with Gasteiger partial charge < -0.3 is 10.2 Å². The van der Waals surface area contributed by atoms with Gasteiger partial charge in [-0.25, -0.2) is 0 Å². The highest BCUT2D eigenvalue weighted by molar-refractivity contribution is 5.77. The summed E-state index contributed by atoms with van der Waals surface area (Å²) in [5.74, 6) is -2.89. The van der Waals surface area contributed by atoms with Gasteiger partial charge in [0.1, 0.15) is 0 Å². The highest BCUT2D eigenvalue weighted by Crippen LogP contribution is 2.13. The van der Waals surface area contributed by atoms with Gasteiger partial charge in [0, 0.05) is 0 Å². The van der Waals surface area contributed by atoms with Crippen molar-refractivity contribution in [2.24, 2.45) is 5.92 Å². The summed E-state index contributed by atoms with van der Waals surface area (Å²) in [5, 5.41) is 17.6. The summed E-state index contributed by atoms with van der Waals surface area (Å²) < 4.78 is 0. The van der Waals surface area contributed by atoms with Crippen molar-refractivity contribution in [3.63, 3.8) is 0 Å². The van der Waals surface area contributed by atoms with E-state index in [1.807, 2.05) is 12.2 Å². The quantitative estimate of drug-likeness (QED) is 0.259. The van der Waals surface area contributed by atoms with Crippen LogP contribution in [0.5, 0.6) is 0 Å². The second kappa shape index (κ2) is 16.5. The van der Waals surface area contributed by atoms with Crippen LogP contribution in [-0.4, -0.2) is 22.2 Å². The van der Waals surface area contributed by atoms with Crippen LogP contribution in [0.1, 0.15) is 96.8 Å². The first-order chi connectivity index (χ1) is 11.6. The fourth-order valence-corrected chi connectivity index (χ4v) is 2.79. The van der Waals surface area contributed by atoms with Crippen LogP contribution in [0.2, 0.25) is 0 Å². The summed E-state index contributed by atoms with van der Waals surface area (Å²) in [7, 11) is 0. The van der Waals surface area contributed by atoms with Gasteiger partial charge in [-0.3, -0.25) is 9.59 Å². The molecule has 0 amide bonds. The summed E-state index contributed by atoms with van der Waals surface area (Å²) in [6.07, 6.45) is 19.2. The van der Waals surface area contributed by atoms with E-state index in [-0.39, 0.29) is 6.42 Å². The zero-order chi connectivity index (χ0) is 18.0. The van der Waals surface area contributed by atoms with Crippen LogP contribution in [0.4, 0.5) is 0 Å². The summed E-state index contributed by atoms with van der Waals surface area (Å²) in [5.41, 5.74) is 0. The van der Waals surface area contributed by atoms with E-state index in [1.165, 1.54) is 64.2 Å². The van der Waals surface area contributed by atoms with Gasteiger partial charge in [0.15, 0.2) is 0 Å². The molecule has 0 bridgehead atoms. The van der Waals surface area contributed by atoms with Crippen molar-refractivity contribution in [1.82, 2.24) is 0 Å². The number of carboxylic acids is 2. The van der Waals surface area contributed by atoms with E-state index < -0.39 is 17.9 Å². The third kappa shape index (κ3) is 15.6. The van der Waals surface area contributed by atoms with Crippen molar-refractivity contribution in [2.45, 2.75) is 96.8 Å². The minimum atomic E-state index is -1.05. The molecule has 4 nitrogen and oxygen atoms in total. The Bertz CT molecular complexity index is 350. The van der Waals surface area contributed by atoms with Gasteiger partial charge in [-0.05, 0) is 19.3 Å². The maximum absolute atomic E-state index is 10.9. The van der Waals surface area contributed by atoms with Crippen LogP contribution in [0.3, 0.4) is 0 Å². The lowest BCUT2D eigenvalue weighted by Crippen LogP contribution is -2.16. The molecular formula is C20H36O4. The lowest BCUT2D eigenvalue weighted by molar-refractivity contribution is -0.148. The van der Waals surface area contributed by atoms with Gasteiger partial charge in [-0.15, -0.1) is 0 Å². The molecule has 24 heavy (non-hydrogen) atoms. The summed E-state index contributed by atoms with van der Waals surface area (Å²) in [4.78, 5) is 21.5. The smallest absolute Gasteiger partial charge is 0.307 e. The van der Waals surface area contributed by atoms with E-state index in [2.05, 4.69) is 6.92 Å². The number of hydrogen-bond acceptors (Lipinski definition) is 2. The molecule has 0 aromatic carbocycles. The molecule has 0 saturated carbocycles. The van der Waals surface area contributed by atoms with Gasteiger partial charge in [0.05, 0.1) is 12.3 Å². The molecule has 0 aliphatic carbocycles. The minimum Gasteiger partial charge on any atom is -0.481 e. The van der Waals surface area contributed by atoms with Crippen molar-refractivity contribution in [3.05, 3.63) is 12.2 Å². The van der Waals surface area contributed by atoms with E-state index >= 15 is 0 Å². The third-order valence-corrected chi connectivity index (χ3v) is 4.33. The zero-order valence-corrected chi connectivity index (χ0v) is 15.3. The summed E-state index contributed by atoms with van der Waals surface area (Å²) >= 11 is 0. The maximum atomic E-state index is 10.9. The standard InChI is InChI=1S/C20H36O4/c1-2-3-4-5-6-7-8-9-10-11-12-13-14-15-16-18(20(23)24)17-19(21)22/h14-15,18H,2-13,16-17H2,1H3,(H,21,22)(H,23,24)/b15-14+. The molecule has 0 aliphatic rings. The van der Waals surface area contributed by atoms with E-state index in [0.717, 1.165) is 12.8 Å². The zero-order valence-electron chi connectivity index (χ0n) is 15.3. The molecule has 0 fully saturated rings. The van der Waals surface area contributed by atoms with Crippen molar-refractivity contribution in [2.75, 3.05) is 0 Å². The maximum Gasteiger partial charge on any atom is 0.307 e. The van der Waals surface area contributed by atoms with Crippen molar-refractivity contribution < 1.29 is 19.8 Å². The Morgan fingerprint density at radius 2 is 1.29 bits per heavy atom. The molecule has 140 valence electrons. The van der Waals surface area contributed by atoms with Gasteiger partial charge in [-0.2, -0.15) is 0 Å². The Morgan fingerprint density at radius 1 is 0.792 bits per heavy atom. The second-order valence-corrected chi connectivity index (χ2v) is 6.66. The molecule has 0 heterocycles. The molecule has 0 radical (unpaired) electrons. The number of unbranched alkanes of at least 4 members (excludes halogenated alkanes) is 11. The van der Waals surface area contributed by atoms with Crippen LogP contribution in [-0.2, 0) is 9.59 Å². The minimum absolute atomic E-state index is 0.305. The van der Waals surface area contributed by atoms with Crippen molar-refractivity contribution in [1.29, 1.82) is 0 Å². The first kappa shape index (κ1) is 22.7. The Labute approximate surface area is 147 Å². The van der Waals surface area contributed by atoms with Crippen LogP contribution >= 0.6 is 0 Å². The average molecular weight is 341 g/mol. The number of rotatable bonds is 17. The molecule has 0 spiro atoms. The Hall–Kier alpha value is -1.32. The molecule has 0 rings (SSSR count). The number of hydrogen-bond donors (Lipinski definition) is 2. The number of allylic oxidation sites excluding steroid dienone is 2. The number of carbonyl (C=O) groups is 2. The lowest BCUT2D eigenvalue weighted by Gasteiger charge is -2.05. The molecule has 0 aromatic rings. The van der Waals surface area contributed by atoms with E-state index in [4.69, 9.17) is 10.2 Å². The Morgan fingerprint density at radius 3 is 1.75 bits per heavy atom. The predicted octanol–water partition coefficient (Wildman–Crippen LogP) is 5.81. The molecule has 1 atom stereocenters. The lowest BCUT2D eigenvalue weighted by atomic mass is 10.0. The first-order valence-electron chi connectivity index (χ1n) is 9.67.